The zero-order valence-corrected chi connectivity index (χ0v) is 11.0. The summed E-state index contributed by atoms with van der Waals surface area (Å²) in [6.07, 6.45) is 17.6. The molecule has 0 amide bonds. The van der Waals surface area contributed by atoms with Gasteiger partial charge in [0.25, 0.3) is 0 Å². The van der Waals surface area contributed by atoms with Crippen LogP contribution in [0.3, 0.4) is 0 Å². The van der Waals surface area contributed by atoms with Crippen molar-refractivity contribution in [2.24, 2.45) is 5.92 Å². The molecule has 0 N–H and O–H groups in total. The van der Waals surface area contributed by atoms with E-state index in [1.807, 2.05) is 17.1 Å². The highest BCUT2D eigenvalue weighted by Crippen LogP contribution is 2.19. The maximum absolute atomic E-state index is 5.27. The molecule has 0 aromatic carbocycles. The van der Waals surface area contributed by atoms with Crippen molar-refractivity contribution >= 4 is 0 Å². The lowest BCUT2D eigenvalue weighted by molar-refractivity contribution is 0.258. The van der Waals surface area contributed by atoms with E-state index in [4.69, 9.17) is 6.42 Å². The van der Waals surface area contributed by atoms with Crippen LogP contribution in [0.15, 0.2) is 24.5 Å². The molecule has 1 aliphatic rings. The maximum atomic E-state index is 5.27. The molecule has 0 saturated carbocycles. The molecule has 1 heterocycles. The second-order valence-electron chi connectivity index (χ2n) is 5.10. The lowest BCUT2D eigenvalue weighted by Crippen LogP contribution is -2.25. The predicted molar refractivity (Wildman–Crippen MR) is 73.9 cm³/mol. The normalized spacial score (nSPS) is 19.1. The van der Waals surface area contributed by atoms with E-state index in [-0.39, 0.29) is 0 Å². The Morgan fingerprint density at radius 3 is 3.17 bits per heavy atom. The number of hydrogen-bond acceptors (Lipinski definition) is 2. The third-order valence-corrected chi connectivity index (χ3v) is 3.34. The average molecular weight is 243 g/mol. The van der Waals surface area contributed by atoms with Gasteiger partial charge in [0.2, 0.25) is 0 Å². The predicted octanol–water partition coefficient (Wildman–Crippen LogP) is 2.30. The Balaban J connectivity index is 1.80. The smallest absolute Gasteiger partial charge is 0.101 e. The summed E-state index contributed by atoms with van der Waals surface area (Å²) >= 11 is 0. The molecule has 0 bridgehead atoms. The molecule has 1 atom stereocenters. The molecule has 2 rings (SSSR count). The molecule has 1 aromatic rings. The van der Waals surface area contributed by atoms with Crippen LogP contribution in [0.25, 0.3) is 0 Å². The Labute approximate surface area is 109 Å². The minimum absolute atomic E-state index is 0.553. The summed E-state index contributed by atoms with van der Waals surface area (Å²) < 4.78 is 1.81. The molecule has 96 valence electrons. The van der Waals surface area contributed by atoms with Crippen molar-refractivity contribution in [3.05, 3.63) is 30.1 Å². The molecule has 0 aliphatic heterocycles. The summed E-state index contributed by atoms with van der Waals surface area (Å²) in [5, 5.41) is 4.24. The van der Waals surface area contributed by atoms with E-state index in [0.29, 0.717) is 6.54 Å². The highest BCUT2D eigenvalue weighted by atomic mass is 15.3. The van der Waals surface area contributed by atoms with Crippen LogP contribution in [0, 0.1) is 18.3 Å². The van der Waals surface area contributed by atoms with Crippen molar-refractivity contribution in [1.29, 1.82) is 0 Å². The van der Waals surface area contributed by atoms with Crippen LogP contribution in [0.4, 0.5) is 0 Å². The van der Waals surface area contributed by atoms with Crippen LogP contribution in [0.1, 0.15) is 24.8 Å². The van der Waals surface area contributed by atoms with Gasteiger partial charge >= 0.3 is 0 Å². The molecule has 0 radical (unpaired) electrons. The molecule has 3 heteroatoms. The SMILES string of the molecule is C#CCn1cc(CN(C)C[C@@H]2CC=CCC2)cn1. The first-order chi connectivity index (χ1) is 8.78. The largest absolute Gasteiger partial charge is 0.302 e. The Kier molecular flexibility index (Phi) is 4.60. The first kappa shape index (κ1) is 12.9. The van der Waals surface area contributed by atoms with Crippen molar-refractivity contribution in [3.63, 3.8) is 0 Å². The number of hydrogen-bond donors (Lipinski definition) is 0. The number of rotatable bonds is 5. The Morgan fingerprint density at radius 2 is 2.44 bits per heavy atom. The third-order valence-electron chi connectivity index (χ3n) is 3.34. The van der Waals surface area contributed by atoms with E-state index in [9.17, 15) is 0 Å². The van der Waals surface area contributed by atoms with E-state index >= 15 is 0 Å². The molecule has 0 unspecified atom stereocenters. The monoisotopic (exact) mass is 243 g/mol. The number of nitrogens with zero attached hydrogens (tertiary/aromatic N) is 3. The highest BCUT2D eigenvalue weighted by molar-refractivity contribution is 5.04. The highest BCUT2D eigenvalue weighted by Gasteiger charge is 2.13. The van der Waals surface area contributed by atoms with Crippen molar-refractivity contribution in [2.45, 2.75) is 32.4 Å². The van der Waals surface area contributed by atoms with Crippen LogP contribution in [-0.2, 0) is 13.1 Å². The van der Waals surface area contributed by atoms with Crippen LogP contribution >= 0.6 is 0 Å². The van der Waals surface area contributed by atoms with Gasteiger partial charge in [-0.2, -0.15) is 5.10 Å². The third kappa shape index (κ3) is 3.75. The van der Waals surface area contributed by atoms with Gasteiger partial charge in [0.05, 0.1) is 6.20 Å². The van der Waals surface area contributed by atoms with Gasteiger partial charge in [-0.3, -0.25) is 4.68 Å². The molecule has 3 nitrogen and oxygen atoms in total. The van der Waals surface area contributed by atoms with Gasteiger partial charge in [-0.15, -0.1) is 6.42 Å². The van der Waals surface area contributed by atoms with Gasteiger partial charge in [0, 0.05) is 24.8 Å². The Bertz CT molecular complexity index is 439. The number of terminal acetylenes is 1. The fraction of sp³-hybridized carbons (Fsp3) is 0.533. The molecule has 0 fully saturated rings. The number of allylic oxidation sites excluding steroid dienone is 2. The maximum Gasteiger partial charge on any atom is 0.101 e. The van der Waals surface area contributed by atoms with Crippen LogP contribution in [-0.4, -0.2) is 28.3 Å². The van der Waals surface area contributed by atoms with Crippen LogP contribution in [0.5, 0.6) is 0 Å². The second kappa shape index (κ2) is 6.42. The van der Waals surface area contributed by atoms with E-state index in [1.165, 1.54) is 24.8 Å². The Hall–Kier alpha value is -1.53. The summed E-state index contributed by atoms with van der Waals surface area (Å²) in [5.74, 6) is 3.40. The molecule has 18 heavy (non-hydrogen) atoms. The fourth-order valence-electron chi connectivity index (χ4n) is 2.51. The first-order valence-corrected chi connectivity index (χ1v) is 6.56. The standard InChI is InChI=1S/C15H21N3/c1-3-9-18-13-15(10-16-18)12-17(2)11-14-7-5-4-6-8-14/h1,4-5,10,13-14H,6-9,11-12H2,2H3/t14-/m1/s1. The Morgan fingerprint density at radius 1 is 1.56 bits per heavy atom. The zero-order valence-electron chi connectivity index (χ0n) is 11.0. The van der Waals surface area contributed by atoms with Gasteiger partial charge in [-0.1, -0.05) is 18.1 Å². The molecular formula is C15H21N3. The summed E-state index contributed by atoms with van der Waals surface area (Å²) in [4.78, 5) is 2.38. The molecule has 1 aliphatic carbocycles. The number of aromatic nitrogens is 2. The van der Waals surface area contributed by atoms with Gasteiger partial charge in [-0.25, -0.2) is 0 Å². The summed E-state index contributed by atoms with van der Waals surface area (Å²) in [5.41, 5.74) is 1.24. The van der Waals surface area contributed by atoms with Crippen molar-refractivity contribution in [1.82, 2.24) is 14.7 Å². The molecule has 0 saturated heterocycles. The van der Waals surface area contributed by atoms with Gasteiger partial charge in [0.15, 0.2) is 0 Å². The summed E-state index contributed by atoms with van der Waals surface area (Å²) in [7, 11) is 2.18. The van der Waals surface area contributed by atoms with Crippen molar-refractivity contribution in [2.75, 3.05) is 13.6 Å². The van der Waals surface area contributed by atoms with E-state index in [0.717, 1.165) is 19.0 Å². The minimum Gasteiger partial charge on any atom is -0.302 e. The fourth-order valence-corrected chi connectivity index (χ4v) is 2.51. The van der Waals surface area contributed by atoms with Crippen molar-refractivity contribution < 1.29 is 0 Å². The van der Waals surface area contributed by atoms with Gasteiger partial charge in [-0.05, 0) is 32.2 Å². The van der Waals surface area contributed by atoms with Gasteiger partial charge < -0.3 is 4.90 Å². The average Bonchev–Trinajstić information content (AvgIpc) is 2.78. The molecule has 1 aromatic heterocycles. The summed E-state index contributed by atoms with van der Waals surface area (Å²) in [6, 6.07) is 0. The molecular weight excluding hydrogens is 222 g/mol. The molecule has 0 spiro atoms. The van der Waals surface area contributed by atoms with E-state index in [2.05, 4.69) is 35.1 Å². The lowest BCUT2D eigenvalue weighted by atomic mass is 9.94. The quantitative estimate of drug-likeness (QED) is 0.584. The van der Waals surface area contributed by atoms with Gasteiger partial charge in [0.1, 0.15) is 6.54 Å². The minimum atomic E-state index is 0.553. The second-order valence-corrected chi connectivity index (χ2v) is 5.10. The first-order valence-electron chi connectivity index (χ1n) is 6.56. The summed E-state index contributed by atoms with van der Waals surface area (Å²) in [6.45, 7) is 2.66. The van der Waals surface area contributed by atoms with E-state index in [1.54, 1.807) is 0 Å². The van der Waals surface area contributed by atoms with Crippen LogP contribution in [0.2, 0.25) is 0 Å². The van der Waals surface area contributed by atoms with E-state index < -0.39 is 0 Å². The van der Waals surface area contributed by atoms with Crippen molar-refractivity contribution in [3.8, 4) is 12.3 Å². The zero-order chi connectivity index (χ0) is 12.8. The topological polar surface area (TPSA) is 21.1 Å². The lowest BCUT2D eigenvalue weighted by Gasteiger charge is -2.24. The van der Waals surface area contributed by atoms with Crippen LogP contribution < -0.4 is 0 Å².